The fourth-order valence-corrected chi connectivity index (χ4v) is 3.33. The van der Waals surface area contributed by atoms with Crippen molar-refractivity contribution >= 4 is 10.1 Å². The molecule has 5 nitrogen and oxygen atoms in total. The number of phenolic OH excluding ortho intramolecular Hbond substituents is 2. The first kappa shape index (κ1) is 24.3. The van der Waals surface area contributed by atoms with Crippen LogP contribution >= 0.6 is 0 Å². The molecule has 0 aliphatic carbocycles. The first-order chi connectivity index (χ1) is 11.7. The number of aromatic hydroxyl groups is 2. The van der Waals surface area contributed by atoms with Crippen molar-refractivity contribution < 1.29 is 96.5 Å². The Morgan fingerprint density at radius 1 is 0.741 bits per heavy atom. The van der Waals surface area contributed by atoms with Gasteiger partial charge in [0.2, 0.25) is 0 Å². The van der Waals surface area contributed by atoms with Crippen LogP contribution in [0.2, 0.25) is 0 Å². The zero-order chi connectivity index (χ0) is 20.0. The third-order valence-electron chi connectivity index (χ3n) is 3.78. The van der Waals surface area contributed by atoms with Gasteiger partial charge in [0.15, 0.2) is 15.5 Å². The summed E-state index contributed by atoms with van der Waals surface area (Å²) in [5.74, 6) is -1.13. The number of benzene rings is 2. The Morgan fingerprint density at radius 3 is 1.26 bits per heavy atom. The first-order valence-corrected chi connectivity index (χ1v) is 8.15. The first-order valence-electron chi connectivity index (χ1n) is 6.74. The van der Waals surface area contributed by atoms with E-state index in [0.717, 1.165) is 0 Å². The zero-order valence-electron chi connectivity index (χ0n) is 13.5. The van der Waals surface area contributed by atoms with Crippen molar-refractivity contribution in [1.29, 1.82) is 0 Å². The molecule has 142 valence electrons. The van der Waals surface area contributed by atoms with Gasteiger partial charge in [-0.2, -0.15) is 22.0 Å². The van der Waals surface area contributed by atoms with E-state index in [0.29, 0.717) is 48.5 Å². The van der Waals surface area contributed by atoms with Crippen molar-refractivity contribution in [3.05, 3.63) is 59.7 Å². The Labute approximate surface area is 193 Å². The molecule has 0 bridgehead atoms. The molecular formula is C15H10F5KO5S. The van der Waals surface area contributed by atoms with Gasteiger partial charge >= 0.3 is 62.8 Å². The van der Waals surface area contributed by atoms with E-state index in [-0.39, 0.29) is 51.4 Å². The van der Waals surface area contributed by atoms with Gasteiger partial charge in [0.1, 0.15) is 11.5 Å². The molecule has 0 aromatic heterocycles. The number of alkyl halides is 5. The normalized spacial score (nSPS) is 13.1. The van der Waals surface area contributed by atoms with E-state index in [1.54, 1.807) is 0 Å². The van der Waals surface area contributed by atoms with Crippen molar-refractivity contribution in [2.24, 2.45) is 0 Å². The Balaban J connectivity index is 0.00000364. The molecule has 0 aliphatic heterocycles. The summed E-state index contributed by atoms with van der Waals surface area (Å²) in [4.78, 5) is 0. The molecule has 0 radical (unpaired) electrons. The molecule has 0 aliphatic rings. The van der Waals surface area contributed by atoms with Gasteiger partial charge in [-0.3, -0.25) is 0 Å². The van der Waals surface area contributed by atoms with E-state index in [9.17, 15) is 45.1 Å². The summed E-state index contributed by atoms with van der Waals surface area (Å²) in [7, 11) is -6.79. The monoisotopic (exact) mass is 436 g/mol. The number of rotatable bonds is 4. The molecule has 2 N–H and O–H groups in total. The summed E-state index contributed by atoms with van der Waals surface area (Å²) in [6.45, 7) is 0. The molecule has 0 atom stereocenters. The quantitative estimate of drug-likeness (QED) is 0.402. The average molecular weight is 436 g/mol. The number of hydrogen-bond acceptors (Lipinski definition) is 5. The maximum absolute atomic E-state index is 14.6. The van der Waals surface area contributed by atoms with Crippen molar-refractivity contribution in [2.45, 2.75) is 16.8 Å². The molecule has 0 fully saturated rings. The topological polar surface area (TPSA) is 97.7 Å². The molecule has 0 amide bonds. The second-order valence-electron chi connectivity index (χ2n) is 5.31. The maximum Gasteiger partial charge on any atom is 1.00 e. The Hall–Kier alpha value is -0.764. The van der Waals surface area contributed by atoms with Gasteiger partial charge in [-0.1, -0.05) is 24.3 Å². The van der Waals surface area contributed by atoms with Crippen LogP contribution in [0.3, 0.4) is 0 Å². The van der Waals surface area contributed by atoms with Crippen LogP contribution in [0, 0.1) is 0 Å². The number of phenols is 2. The molecule has 0 spiro atoms. The third kappa shape index (κ3) is 4.02. The maximum atomic E-state index is 14.6. The van der Waals surface area contributed by atoms with E-state index < -0.39 is 49.6 Å². The van der Waals surface area contributed by atoms with Gasteiger partial charge in [0.25, 0.3) is 0 Å². The van der Waals surface area contributed by atoms with Crippen molar-refractivity contribution in [3.63, 3.8) is 0 Å². The van der Waals surface area contributed by atoms with Crippen LogP contribution in [0.4, 0.5) is 22.0 Å². The largest absolute Gasteiger partial charge is 1.00 e. The molecule has 0 heterocycles. The SMILES string of the molecule is O=S(=O)([O-])C(F)(F)C(c1ccc(O)cc1)(c1ccc(O)cc1)C(F)(F)F.[K+]. The Bertz CT molecular complexity index is 850. The summed E-state index contributed by atoms with van der Waals surface area (Å²) < 4.78 is 104. The van der Waals surface area contributed by atoms with Gasteiger partial charge in [0.05, 0.1) is 0 Å². The van der Waals surface area contributed by atoms with E-state index in [1.165, 1.54) is 0 Å². The van der Waals surface area contributed by atoms with Crippen LogP contribution in [0.25, 0.3) is 0 Å². The number of halogens is 5. The summed E-state index contributed by atoms with van der Waals surface area (Å²) >= 11 is 0. The molecule has 27 heavy (non-hydrogen) atoms. The van der Waals surface area contributed by atoms with E-state index in [1.807, 2.05) is 0 Å². The van der Waals surface area contributed by atoms with Crippen LogP contribution in [-0.2, 0) is 15.5 Å². The van der Waals surface area contributed by atoms with Gasteiger partial charge < -0.3 is 14.8 Å². The van der Waals surface area contributed by atoms with E-state index >= 15 is 0 Å². The van der Waals surface area contributed by atoms with Crippen molar-refractivity contribution in [3.8, 4) is 11.5 Å². The van der Waals surface area contributed by atoms with Gasteiger partial charge in [-0.25, -0.2) is 8.42 Å². The Kier molecular flexibility index (Phi) is 7.13. The Morgan fingerprint density at radius 2 is 1.04 bits per heavy atom. The fraction of sp³-hybridized carbons (Fsp3) is 0.200. The molecule has 2 aromatic carbocycles. The minimum absolute atomic E-state index is 0. The van der Waals surface area contributed by atoms with E-state index in [2.05, 4.69) is 0 Å². The smallest absolute Gasteiger partial charge is 0.743 e. The zero-order valence-corrected chi connectivity index (χ0v) is 17.5. The van der Waals surface area contributed by atoms with Gasteiger partial charge in [-0.05, 0) is 35.4 Å². The van der Waals surface area contributed by atoms with Crippen LogP contribution in [-0.4, -0.2) is 34.6 Å². The van der Waals surface area contributed by atoms with E-state index in [4.69, 9.17) is 0 Å². The average Bonchev–Trinajstić information content (AvgIpc) is 2.49. The van der Waals surface area contributed by atoms with Crippen molar-refractivity contribution in [2.75, 3.05) is 0 Å². The molecule has 0 unspecified atom stereocenters. The summed E-state index contributed by atoms with van der Waals surface area (Å²) in [5.41, 5.74) is -7.13. The molecule has 0 saturated heterocycles. The second-order valence-corrected chi connectivity index (χ2v) is 6.73. The van der Waals surface area contributed by atoms with Gasteiger partial charge in [-0.15, -0.1) is 0 Å². The van der Waals surface area contributed by atoms with Crippen LogP contribution in [0.5, 0.6) is 11.5 Å². The molecule has 2 rings (SSSR count). The molecular weight excluding hydrogens is 426 g/mol. The van der Waals surface area contributed by atoms with Crippen molar-refractivity contribution in [1.82, 2.24) is 0 Å². The van der Waals surface area contributed by atoms with Crippen LogP contribution in [0.15, 0.2) is 48.5 Å². The predicted octanol–water partition coefficient (Wildman–Crippen LogP) is 0.0882. The van der Waals surface area contributed by atoms with Gasteiger partial charge in [0, 0.05) is 0 Å². The second kappa shape index (κ2) is 7.93. The van der Waals surface area contributed by atoms with Crippen LogP contribution in [0.1, 0.15) is 11.1 Å². The third-order valence-corrected chi connectivity index (χ3v) is 4.71. The summed E-state index contributed by atoms with van der Waals surface area (Å²) in [5, 5.41) is 12.6. The molecule has 12 heteroatoms. The van der Waals surface area contributed by atoms with Crippen LogP contribution < -0.4 is 51.4 Å². The minimum atomic E-state index is -6.79. The molecule has 0 saturated carbocycles. The summed E-state index contributed by atoms with van der Waals surface area (Å²) in [6.07, 6.45) is -5.94. The standard InChI is InChI=1S/C15H11F5O5S.K/c16-14(17,18)13(15(19,20)26(23,24)25,9-1-5-11(21)6-2-9)10-3-7-12(22)8-4-10;/h1-8,21-22H,(H,23,24,25);/q;+1/p-1. The fourth-order valence-electron chi connectivity index (χ4n) is 2.61. The predicted molar refractivity (Wildman–Crippen MR) is 77.7 cm³/mol. The minimum Gasteiger partial charge on any atom is -0.743 e. The number of hydrogen-bond donors (Lipinski definition) is 2. The summed E-state index contributed by atoms with van der Waals surface area (Å²) in [6, 6.07) is 4.33. The molecule has 2 aromatic rings.